The molecular weight excluding hydrogens is 466 g/mol. The van der Waals surface area contributed by atoms with Gasteiger partial charge in [0.2, 0.25) is 0 Å². The Bertz CT molecular complexity index is 1390. The van der Waals surface area contributed by atoms with Crippen molar-refractivity contribution in [2.24, 2.45) is 0 Å². The molecule has 0 saturated carbocycles. The SMILES string of the molecule is Cc1ccc(-c2cc(C(=O)OCC(=O)N3CCN(C(=O)c4cccs4)CC3)c3ccccc3n2)o1. The zero-order chi connectivity index (χ0) is 24.4. The smallest absolute Gasteiger partial charge is 0.339 e. The molecule has 0 bridgehead atoms. The van der Waals surface area contributed by atoms with Crippen molar-refractivity contribution in [3.63, 3.8) is 0 Å². The highest BCUT2D eigenvalue weighted by Gasteiger charge is 2.26. The van der Waals surface area contributed by atoms with Gasteiger partial charge in [-0.1, -0.05) is 24.3 Å². The summed E-state index contributed by atoms with van der Waals surface area (Å²) in [6.07, 6.45) is 0. The van der Waals surface area contributed by atoms with Gasteiger partial charge < -0.3 is 19.0 Å². The van der Waals surface area contributed by atoms with Gasteiger partial charge in [0.05, 0.1) is 16.0 Å². The first-order valence-electron chi connectivity index (χ1n) is 11.2. The molecule has 1 aliphatic rings. The van der Waals surface area contributed by atoms with E-state index in [1.807, 2.05) is 42.6 Å². The molecule has 1 saturated heterocycles. The van der Waals surface area contributed by atoms with Gasteiger partial charge in [-0.2, -0.15) is 0 Å². The van der Waals surface area contributed by atoms with E-state index in [1.165, 1.54) is 11.3 Å². The molecule has 4 heterocycles. The first kappa shape index (κ1) is 22.8. The van der Waals surface area contributed by atoms with Crippen LogP contribution in [0.2, 0.25) is 0 Å². The predicted molar refractivity (Wildman–Crippen MR) is 131 cm³/mol. The highest BCUT2D eigenvalue weighted by Crippen LogP contribution is 2.26. The molecule has 0 aliphatic carbocycles. The number of carbonyl (C=O) groups excluding carboxylic acids is 3. The lowest BCUT2D eigenvalue weighted by molar-refractivity contribution is -0.136. The number of pyridine rings is 1. The molecule has 35 heavy (non-hydrogen) atoms. The first-order chi connectivity index (χ1) is 17.0. The van der Waals surface area contributed by atoms with Crippen LogP contribution in [-0.2, 0) is 9.53 Å². The minimum absolute atomic E-state index is 0.0225. The molecular formula is C26H23N3O5S. The summed E-state index contributed by atoms with van der Waals surface area (Å²) < 4.78 is 11.1. The van der Waals surface area contributed by atoms with Crippen LogP contribution in [0.3, 0.4) is 0 Å². The number of hydrogen-bond donors (Lipinski definition) is 0. The predicted octanol–water partition coefficient (Wildman–Crippen LogP) is 4.01. The maximum atomic E-state index is 13.0. The van der Waals surface area contributed by atoms with Crippen molar-refractivity contribution < 1.29 is 23.5 Å². The molecule has 178 valence electrons. The summed E-state index contributed by atoms with van der Waals surface area (Å²) in [5.74, 6) is 0.371. The van der Waals surface area contributed by atoms with Crippen LogP contribution in [-0.4, -0.2) is 65.4 Å². The maximum absolute atomic E-state index is 13.0. The van der Waals surface area contributed by atoms with E-state index in [9.17, 15) is 14.4 Å². The fourth-order valence-corrected chi connectivity index (χ4v) is 4.74. The van der Waals surface area contributed by atoms with E-state index < -0.39 is 5.97 Å². The van der Waals surface area contributed by atoms with Crippen molar-refractivity contribution in [3.8, 4) is 11.5 Å². The van der Waals surface area contributed by atoms with Crippen LogP contribution >= 0.6 is 11.3 Å². The Morgan fingerprint density at radius 3 is 2.49 bits per heavy atom. The Kier molecular flexibility index (Phi) is 6.33. The average molecular weight is 490 g/mol. The first-order valence-corrected chi connectivity index (χ1v) is 12.1. The van der Waals surface area contributed by atoms with Gasteiger partial charge in [0.1, 0.15) is 11.5 Å². The number of carbonyl (C=O) groups is 3. The van der Waals surface area contributed by atoms with Crippen LogP contribution in [0.25, 0.3) is 22.4 Å². The topological polar surface area (TPSA) is 93.0 Å². The zero-order valence-electron chi connectivity index (χ0n) is 19.1. The Hall–Kier alpha value is -3.98. The average Bonchev–Trinajstić information content (AvgIpc) is 3.58. The second-order valence-electron chi connectivity index (χ2n) is 8.21. The number of para-hydroxylation sites is 1. The van der Waals surface area contributed by atoms with Gasteiger partial charge in [-0.25, -0.2) is 9.78 Å². The van der Waals surface area contributed by atoms with E-state index in [0.717, 1.165) is 5.76 Å². The van der Waals surface area contributed by atoms with Crippen molar-refractivity contribution in [3.05, 3.63) is 76.2 Å². The second kappa shape index (κ2) is 9.71. The monoisotopic (exact) mass is 489 g/mol. The highest BCUT2D eigenvalue weighted by molar-refractivity contribution is 7.12. The summed E-state index contributed by atoms with van der Waals surface area (Å²) in [6, 6.07) is 16.2. The number of amides is 2. The van der Waals surface area contributed by atoms with E-state index in [-0.39, 0.29) is 18.4 Å². The molecule has 1 fully saturated rings. The number of ether oxygens (including phenoxy) is 1. The third-order valence-electron chi connectivity index (χ3n) is 5.91. The van der Waals surface area contributed by atoms with E-state index in [2.05, 4.69) is 4.98 Å². The van der Waals surface area contributed by atoms with Crippen molar-refractivity contribution in [1.82, 2.24) is 14.8 Å². The largest absolute Gasteiger partial charge is 0.460 e. The number of furan rings is 1. The molecule has 0 N–H and O–H groups in total. The summed E-state index contributed by atoms with van der Waals surface area (Å²) in [4.78, 5) is 46.9. The van der Waals surface area contributed by atoms with Gasteiger partial charge in [0, 0.05) is 31.6 Å². The van der Waals surface area contributed by atoms with Crippen LogP contribution in [0.1, 0.15) is 25.8 Å². The zero-order valence-corrected chi connectivity index (χ0v) is 19.9. The summed E-state index contributed by atoms with van der Waals surface area (Å²) >= 11 is 1.40. The molecule has 9 heteroatoms. The number of nitrogens with zero attached hydrogens (tertiary/aromatic N) is 3. The molecule has 1 aliphatic heterocycles. The van der Waals surface area contributed by atoms with Crippen molar-refractivity contribution in [2.75, 3.05) is 32.8 Å². The van der Waals surface area contributed by atoms with Gasteiger partial charge >= 0.3 is 5.97 Å². The third-order valence-corrected chi connectivity index (χ3v) is 6.77. The molecule has 0 atom stereocenters. The Balaban J connectivity index is 1.24. The molecule has 0 unspecified atom stereocenters. The van der Waals surface area contributed by atoms with Gasteiger partial charge in [-0.3, -0.25) is 9.59 Å². The number of hydrogen-bond acceptors (Lipinski definition) is 7. The standard InChI is InChI=1S/C26H23N3O5S/c1-17-8-9-22(34-17)21-15-19(18-5-2-3-6-20(18)27-21)26(32)33-16-24(30)28-10-12-29(13-11-28)25(31)23-7-4-14-35-23/h2-9,14-15H,10-13,16H2,1H3. The van der Waals surface area contributed by atoms with Crippen LogP contribution in [0.4, 0.5) is 0 Å². The van der Waals surface area contributed by atoms with Crippen LogP contribution in [0.5, 0.6) is 0 Å². The number of rotatable bonds is 5. The molecule has 0 spiro atoms. The molecule has 1 aromatic carbocycles. The molecule has 4 aromatic rings. The maximum Gasteiger partial charge on any atom is 0.339 e. The second-order valence-corrected chi connectivity index (χ2v) is 9.16. The molecule has 3 aromatic heterocycles. The number of esters is 1. The fraction of sp³-hybridized carbons (Fsp3) is 0.231. The molecule has 5 rings (SSSR count). The summed E-state index contributed by atoms with van der Waals surface area (Å²) in [6.45, 7) is 3.14. The summed E-state index contributed by atoms with van der Waals surface area (Å²) in [5, 5.41) is 2.50. The lowest BCUT2D eigenvalue weighted by Gasteiger charge is -2.34. The van der Waals surface area contributed by atoms with Crippen molar-refractivity contribution in [1.29, 1.82) is 0 Å². The highest BCUT2D eigenvalue weighted by atomic mass is 32.1. The summed E-state index contributed by atoms with van der Waals surface area (Å²) in [5.41, 5.74) is 1.46. The van der Waals surface area contributed by atoms with E-state index in [4.69, 9.17) is 9.15 Å². The normalized spacial score (nSPS) is 13.7. The van der Waals surface area contributed by atoms with E-state index in [1.54, 1.807) is 34.1 Å². The Labute approximate surface area is 205 Å². The van der Waals surface area contributed by atoms with Crippen LogP contribution < -0.4 is 0 Å². The van der Waals surface area contributed by atoms with Crippen LogP contribution in [0.15, 0.2) is 64.4 Å². The minimum Gasteiger partial charge on any atom is -0.460 e. The van der Waals surface area contributed by atoms with E-state index in [0.29, 0.717) is 59.0 Å². The van der Waals surface area contributed by atoms with Crippen molar-refractivity contribution >= 4 is 40.0 Å². The summed E-state index contributed by atoms with van der Waals surface area (Å²) in [7, 11) is 0. The number of thiophene rings is 1. The molecule has 8 nitrogen and oxygen atoms in total. The Morgan fingerprint density at radius 2 is 1.77 bits per heavy atom. The quantitative estimate of drug-likeness (QED) is 0.394. The number of fused-ring (bicyclic) bond motifs is 1. The fourth-order valence-electron chi connectivity index (χ4n) is 4.05. The van der Waals surface area contributed by atoms with E-state index >= 15 is 0 Å². The number of piperazine rings is 1. The van der Waals surface area contributed by atoms with Crippen LogP contribution in [0, 0.1) is 6.92 Å². The Morgan fingerprint density at radius 1 is 1.00 bits per heavy atom. The number of aryl methyl sites for hydroxylation is 1. The number of benzene rings is 1. The third kappa shape index (κ3) is 4.81. The van der Waals surface area contributed by atoms with Gasteiger partial charge in [0.15, 0.2) is 12.4 Å². The lowest BCUT2D eigenvalue weighted by atomic mass is 10.1. The van der Waals surface area contributed by atoms with Crippen molar-refractivity contribution in [2.45, 2.75) is 6.92 Å². The van der Waals surface area contributed by atoms with Gasteiger partial charge in [-0.15, -0.1) is 11.3 Å². The van der Waals surface area contributed by atoms with Gasteiger partial charge in [0.25, 0.3) is 11.8 Å². The van der Waals surface area contributed by atoms with Gasteiger partial charge in [-0.05, 0) is 42.6 Å². The lowest BCUT2D eigenvalue weighted by Crippen LogP contribution is -2.51. The minimum atomic E-state index is -0.604. The molecule has 0 radical (unpaired) electrons. The molecule has 2 amide bonds. The number of aromatic nitrogens is 1.